The van der Waals surface area contributed by atoms with Gasteiger partial charge in [0.05, 0.1) is 18.6 Å². The maximum atomic E-state index is 13.6. The van der Waals surface area contributed by atoms with Crippen molar-refractivity contribution in [3.8, 4) is 0 Å². The van der Waals surface area contributed by atoms with Gasteiger partial charge >= 0.3 is 0 Å². The van der Waals surface area contributed by atoms with E-state index in [-0.39, 0.29) is 18.5 Å². The molecule has 0 radical (unpaired) electrons. The summed E-state index contributed by atoms with van der Waals surface area (Å²) in [6.07, 6.45) is 0.796. The minimum atomic E-state index is -0.848. The summed E-state index contributed by atoms with van der Waals surface area (Å²) < 4.78 is 0. The van der Waals surface area contributed by atoms with Crippen molar-refractivity contribution >= 4 is 17.8 Å². The second kappa shape index (κ2) is 13.7. The van der Waals surface area contributed by atoms with Crippen molar-refractivity contribution in [1.29, 1.82) is 0 Å². The minimum absolute atomic E-state index is 0.0299. The summed E-state index contributed by atoms with van der Waals surface area (Å²) in [6.45, 7) is 0.0476. The van der Waals surface area contributed by atoms with E-state index in [1.54, 1.807) is 0 Å². The molecule has 0 aliphatic rings. The third-order valence-corrected chi connectivity index (χ3v) is 5.81. The largest absolute Gasteiger partial charge is 0.394 e. The molecule has 0 fully saturated rings. The predicted molar refractivity (Wildman–Crippen MR) is 141 cm³/mol. The number of carbonyl (C=O) groups is 2. The fourth-order valence-electron chi connectivity index (χ4n) is 4.01. The molecule has 0 aliphatic heterocycles. The third-order valence-electron chi connectivity index (χ3n) is 5.81. The molecule has 2 atom stereocenters. The molecule has 188 valence electrons. The third kappa shape index (κ3) is 7.68. The second-order valence-electron chi connectivity index (χ2n) is 8.42. The Labute approximate surface area is 211 Å². The van der Waals surface area contributed by atoms with Crippen LogP contribution in [0.2, 0.25) is 0 Å². The molecule has 3 rings (SSSR count). The van der Waals surface area contributed by atoms with Crippen molar-refractivity contribution in [2.75, 3.05) is 13.2 Å². The number of amides is 2. The van der Waals surface area contributed by atoms with Crippen LogP contribution in [-0.4, -0.2) is 42.1 Å². The van der Waals surface area contributed by atoms with E-state index >= 15 is 0 Å². The van der Waals surface area contributed by atoms with Crippen LogP contribution in [-0.2, 0) is 9.59 Å². The molecule has 36 heavy (non-hydrogen) atoms. The highest BCUT2D eigenvalue weighted by atomic mass is 16.3. The van der Waals surface area contributed by atoms with E-state index in [0.717, 1.165) is 16.7 Å². The summed E-state index contributed by atoms with van der Waals surface area (Å²) >= 11 is 0. The number of guanidine groups is 1. The van der Waals surface area contributed by atoms with E-state index in [1.807, 2.05) is 91.0 Å². The summed E-state index contributed by atoms with van der Waals surface area (Å²) in [5.74, 6) is -1.31. The smallest absolute Gasteiger partial charge is 0.243 e. The Morgan fingerprint density at radius 3 is 1.72 bits per heavy atom. The molecule has 0 spiro atoms. The van der Waals surface area contributed by atoms with Gasteiger partial charge in [-0.2, -0.15) is 0 Å². The molecule has 3 aromatic rings. The van der Waals surface area contributed by atoms with Crippen LogP contribution in [0.4, 0.5) is 0 Å². The Morgan fingerprint density at radius 1 is 0.750 bits per heavy atom. The molecule has 8 heteroatoms. The molecule has 0 heterocycles. The highest BCUT2D eigenvalue weighted by Gasteiger charge is 2.28. The number of benzene rings is 3. The normalized spacial score (nSPS) is 12.4. The molecule has 8 nitrogen and oxygen atoms in total. The summed E-state index contributed by atoms with van der Waals surface area (Å²) in [4.78, 5) is 30.9. The predicted octanol–water partition coefficient (Wildman–Crippen LogP) is 2.21. The molecular weight excluding hydrogens is 454 g/mol. The lowest BCUT2D eigenvalue weighted by atomic mass is 9.90. The van der Waals surface area contributed by atoms with Gasteiger partial charge in [-0.1, -0.05) is 91.0 Å². The van der Waals surface area contributed by atoms with Gasteiger partial charge < -0.3 is 27.2 Å². The van der Waals surface area contributed by atoms with Gasteiger partial charge in [0.25, 0.3) is 0 Å². The minimum Gasteiger partial charge on any atom is -0.394 e. The maximum absolute atomic E-state index is 13.6. The highest BCUT2D eigenvalue weighted by molar-refractivity contribution is 5.92. The molecule has 0 saturated carbocycles. The first kappa shape index (κ1) is 26.4. The van der Waals surface area contributed by atoms with Crippen LogP contribution in [0.5, 0.6) is 0 Å². The average molecular weight is 488 g/mol. The van der Waals surface area contributed by atoms with Gasteiger partial charge in [-0.15, -0.1) is 0 Å². The summed E-state index contributed by atoms with van der Waals surface area (Å²) in [6, 6.07) is 26.6. The number of carbonyl (C=O) groups excluding carboxylic acids is 2. The number of rotatable bonds is 12. The van der Waals surface area contributed by atoms with Crippen LogP contribution in [0.15, 0.2) is 96.0 Å². The molecule has 7 N–H and O–H groups in total. The van der Waals surface area contributed by atoms with Crippen LogP contribution in [0.3, 0.4) is 0 Å². The number of aliphatic hydroxyl groups excluding tert-OH is 1. The van der Waals surface area contributed by atoms with Crippen molar-refractivity contribution in [3.05, 3.63) is 108 Å². The molecular formula is C28H33N5O3. The number of aliphatic imine (C=N–C) groups is 1. The van der Waals surface area contributed by atoms with E-state index in [9.17, 15) is 14.7 Å². The van der Waals surface area contributed by atoms with Gasteiger partial charge in [0, 0.05) is 6.54 Å². The fraction of sp³-hybridized carbons (Fsp3) is 0.250. The lowest BCUT2D eigenvalue weighted by molar-refractivity contribution is -0.130. The fourth-order valence-corrected chi connectivity index (χ4v) is 4.01. The number of aliphatic hydroxyl groups is 1. The first-order valence-corrected chi connectivity index (χ1v) is 11.9. The van der Waals surface area contributed by atoms with E-state index in [4.69, 9.17) is 11.5 Å². The van der Waals surface area contributed by atoms with E-state index in [2.05, 4.69) is 15.6 Å². The number of nitrogens with one attached hydrogen (secondary N) is 2. The van der Waals surface area contributed by atoms with Crippen LogP contribution in [0.1, 0.15) is 41.5 Å². The quantitative estimate of drug-likeness (QED) is 0.151. The Balaban J connectivity index is 1.82. The van der Waals surface area contributed by atoms with Crippen LogP contribution in [0.25, 0.3) is 0 Å². The van der Waals surface area contributed by atoms with Gasteiger partial charge in [-0.3, -0.25) is 14.6 Å². The number of nitrogens with zero attached hydrogens (tertiary/aromatic N) is 1. The van der Waals surface area contributed by atoms with Crippen LogP contribution >= 0.6 is 0 Å². The van der Waals surface area contributed by atoms with Gasteiger partial charge in [0.15, 0.2) is 5.96 Å². The average Bonchev–Trinajstić information content (AvgIpc) is 2.90. The van der Waals surface area contributed by atoms with Crippen LogP contribution in [0, 0.1) is 0 Å². The Morgan fingerprint density at radius 2 is 1.25 bits per heavy atom. The maximum Gasteiger partial charge on any atom is 0.243 e. The SMILES string of the molecule is NC(N)=NCCC[C@H](NC(=O)C(c1ccccc1)c1ccccc1)C(=O)NC(CO)c1ccccc1. The molecule has 3 aromatic carbocycles. The molecule has 2 amide bonds. The Kier molecular flexibility index (Phi) is 10.0. The first-order valence-electron chi connectivity index (χ1n) is 11.9. The van der Waals surface area contributed by atoms with Crippen molar-refractivity contribution in [3.63, 3.8) is 0 Å². The molecule has 1 unspecified atom stereocenters. The lowest BCUT2D eigenvalue weighted by Crippen LogP contribution is -2.49. The monoisotopic (exact) mass is 487 g/mol. The Bertz CT molecular complexity index is 1080. The highest BCUT2D eigenvalue weighted by Crippen LogP contribution is 2.25. The topological polar surface area (TPSA) is 143 Å². The van der Waals surface area contributed by atoms with Gasteiger partial charge in [-0.05, 0) is 29.5 Å². The van der Waals surface area contributed by atoms with E-state index < -0.39 is 23.9 Å². The summed E-state index contributed by atoms with van der Waals surface area (Å²) in [5, 5.41) is 15.7. The van der Waals surface area contributed by atoms with Gasteiger partial charge in [0.1, 0.15) is 6.04 Å². The zero-order chi connectivity index (χ0) is 25.8. The number of hydrogen-bond acceptors (Lipinski definition) is 4. The van der Waals surface area contributed by atoms with E-state index in [1.165, 1.54) is 0 Å². The zero-order valence-electron chi connectivity index (χ0n) is 20.1. The molecule has 0 aromatic heterocycles. The summed E-state index contributed by atoms with van der Waals surface area (Å²) in [7, 11) is 0. The van der Waals surface area contributed by atoms with Crippen LogP contribution < -0.4 is 22.1 Å². The standard InChI is InChI=1S/C28H33N5O3/c29-28(30)31-18-10-17-23(26(35)33-24(19-34)20-11-4-1-5-12-20)32-27(36)25(21-13-6-2-7-14-21)22-15-8-3-9-16-22/h1-9,11-16,23-25,34H,10,17-19H2,(H,32,36)(H,33,35)(H4,29,30,31)/t23-,24?/m0/s1. The second-order valence-corrected chi connectivity index (χ2v) is 8.42. The van der Waals surface area contributed by atoms with Crippen molar-refractivity contribution < 1.29 is 14.7 Å². The number of hydrogen-bond donors (Lipinski definition) is 5. The zero-order valence-corrected chi connectivity index (χ0v) is 20.1. The summed E-state index contributed by atoms with van der Waals surface area (Å²) in [5.41, 5.74) is 13.2. The first-order chi connectivity index (χ1) is 17.5. The number of nitrogens with two attached hydrogens (primary N) is 2. The molecule has 0 aliphatic carbocycles. The van der Waals surface area contributed by atoms with E-state index in [0.29, 0.717) is 19.4 Å². The lowest BCUT2D eigenvalue weighted by Gasteiger charge is -2.25. The van der Waals surface area contributed by atoms with Gasteiger partial charge in [-0.25, -0.2) is 0 Å². The van der Waals surface area contributed by atoms with Gasteiger partial charge in [0.2, 0.25) is 11.8 Å². The van der Waals surface area contributed by atoms with Crippen molar-refractivity contribution in [1.82, 2.24) is 10.6 Å². The van der Waals surface area contributed by atoms with Crippen molar-refractivity contribution in [2.45, 2.75) is 30.8 Å². The van der Waals surface area contributed by atoms with Crippen molar-refractivity contribution in [2.24, 2.45) is 16.5 Å². The molecule has 0 saturated heterocycles. The Hall–Kier alpha value is -4.17. The molecule has 0 bridgehead atoms.